The van der Waals surface area contributed by atoms with Gasteiger partial charge in [-0.3, -0.25) is 4.79 Å². The maximum atomic E-state index is 12.0. The molecule has 0 bridgehead atoms. The zero-order valence-corrected chi connectivity index (χ0v) is 14.0. The van der Waals surface area contributed by atoms with Crippen molar-refractivity contribution < 1.29 is 4.79 Å². The van der Waals surface area contributed by atoms with E-state index in [0.29, 0.717) is 11.4 Å². The Kier molecular flexibility index (Phi) is 4.87. The molecule has 1 amide bonds. The van der Waals surface area contributed by atoms with E-state index >= 15 is 0 Å². The van der Waals surface area contributed by atoms with Crippen LogP contribution >= 0.6 is 11.6 Å². The molecular weight excluding hydrogens is 298 g/mol. The number of amides is 1. The number of hydrogen-bond donors (Lipinski definition) is 0. The second-order valence-electron chi connectivity index (χ2n) is 6.36. The van der Waals surface area contributed by atoms with E-state index in [1.165, 1.54) is 19.3 Å². The summed E-state index contributed by atoms with van der Waals surface area (Å²) in [6, 6.07) is 1.91. The zero-order chi connectivity index (χ0) is 15.5. The van der Waals surface area contributed by atoms with E-state index in [2.05, 4.69) is 16.8 Å². The number of carbonyl (C=O) groups is 1. The lowest BCUT2D eigenvalue weighted by atomic mass is 9.96. The predicted molar refractivity (Wildman–Crippen MR) is 90.7 cm³/mol. The van der Waals surface area contributed by atoms with E-state index in [1.807, 2.05) is 11.0 Å². The van der Waals surface area contributed by atoms with Crippen LogP contribution in [0.1, 0.15) is 45.4 Å². The van der Waals surface area contributed by atoms with Gasteiger partial charge in [-0.25, -0.2) is 4.98 Å². The molecule has 4 nitrogen and oxygen atoms in total. The summed E-state index contributed by atoms with van der Waals surface area (Å²) >= 11 is 6.48. The number of piperidine rings is 2. The molecule has 0 N–H and O–H groups in total. The fourth-order valence-corrected chi connectivity index (χ4v) is 3.75. The van der Waals surface area contributed by atoms with Crippen molar-refractivity contribution in [3.05, 3.63) is 17.3 Å². The molecule has 3 rings (SSSR count). The highest BCUT2D eigenvalue weighted by atomic mass is 35.5. The van der Waals surface area contributed by atoms with E-state index in [9.17, 15) is 4.79 Å². The van der Waals surface area contributed by atoms with Gasteiger partial charge < -0.3 is 9.80 Å². The van der Waals surface area contributed by atoms with E-state index in [0.717, 1.165) is 49.9 Å². The minimum atomic E-state index is 0.181. The molecule has 2 saturated heterocycles. The molecule has 1 aromatic rings. The van der Waals surface area contributed by atoms with Crippen molar-refractivity contribution in [2.75, 3.05) is 29.4 Å². The molecule has 0 saturated carbocycles. The molecule has 5 heteroatoms. The lowest BCUT2D eigenvalue weighted by molar-refractivity contribution is -0.119. The number of carbonyl (C=O) groups excluding carboxylic acids is 1. The van der Waals surface area contributed by atoms with Gasteiger partial charge in [-0.15, -0.1) is 0 Å². The van der Waals surface area contributed by atoms with Crippen LogP contribution in [0, 0.1) is 5.92 Å². The van der Waals surface area contributed by atoms with Crippen LogP contribution in [0.15, 0.2) is 12.3 Å². The standard InChI is InChI=1S/C17H24ClN3O/c1-2-13-6-5-8-20(12-13)17-15(18)10-14(11-19-17)21-9-4-3-7-16(21)22/h10-11,13H,2-9,12H2,1H3. The van der Waals surface area contributed by atoms with Crippen molar-refractivity contribution in [2.45, 2.75) is 45.4 Å². The van der Waals surface area contributed by atoms with E-state index in [4.69, 9.17) is 11.6 Å². The van der Waals surface area contributed by atoms with Gasteiger partial charge in [-0.1, -0.05) is 24.9 Å². The Bertz CT molecular complexity index is 549. The summed E-state index contributed by atoms with van der Waals surface area (Å²) in [6.45, 7) is 5.07. The average Bonchev–Trinajstić information content (AvgIpc) is 2.55. The molecule has 2 fully saturated rings. The molecule has 22 heavy (non-hydrogen) atoms. The molecule has 0 aliphatic carbocycles. The van der Waals surface area contributed by atoms with E-state index < -0.39 is 0 Å². The van der Waals surface area contributed by atoms with Gasteiger partial charge in [-0.2, -0.15) is 0 Å². The maximum absolute atomic E-state index is 12.0. The number of rotatable bonds is 3. The van der Waals surface area contributed by atoms with Crippen molar-refractivity contribution in [3.63, 3.8) is 0 Å². The Hall–Kier alpha value is -1.29. The van der Waals surface area contributed by atoms with Crippen LogP contribution in [0.3, 0.4) is 0 Å². The molecule has 0 radical (unpaired) electrons. The van der Waals surface area contributed by atoms with Crippen LogP contribution in [0.5, 0.6) is 0 Å². The number of halogens is 1. The van der Waals surface area contributed by atoms with Gasteiger partial charge in [0.1, 0.15) is 5.82 Å². The van der Waals surface area contributed by atoms with Crippen LogP contribution in [-0.2, 0) is 4.79 Å². The fraction of sp³-hybridized carbons (Fsp3) is 0.647. The highest BCUT2D eigenvalue weighted by Crippen LogP contribution is 2.32. The maximum Gasteiger partial charge on any atom is 0.227 e. The Morgan fingerprint density at radius 3 is 2.91 bits per heavy atom. The second kappa shape index (κ2) is 6.86. The first kappa shape index (κ1) is 15.6. The van der Waals surface area contributed by atoms with Gasteiger partial charge in [0.05, 0.1) is 16.9 Å². The summed E-state index contributed by atoms with van der Waals surface area (Å²) < 4.78 is 0. The predicted octanol–water partition coefficient (Wildman–Crippen LogP) is 3.88. The molecular formula is C17H24ClN3O. The van der Waals surface area contributed by atoms with Crippen LogP contribution in [-0.4, -0.2) is 30.5 Å². The Morgan fingerprint density at radius 1 is 1.32 bits per heavy atom. The number of anilines is 2. The fourth-order valence-electron chi connectivity index (χ4n) is 3.47. The van der Waals surface area contributed by atoms with Crippen molar-refractivity contribution in [2.24, 2.45) is 5.92 Å². The topological polar surface area (TPSA) is 36.4 Å². The van der Waals surface area contributed by atoms with Gasteiger partial charge in [-0.05, 0) is 37.7 Å². The van der Waals surface area contributed by atoms with Crippen molar-refractivity contribution in [3.8, 4) is 0 Å². The van der Waals surface area contributed by atoms with Gasteiger partial charge in [0.25, 0.3) is 0 Å². The van der Waals surface area contributed by atoms with E-state index in [1.54, 1.807) is 6.20 Å². The van der Waals surface area contributed by atoms with Crippen LogP contribution in [0.4, 0.5) is 11.5 Å². The Morgan fingerprint density at radius 2 is 2.18 bits per heavy atom. The Labute approximate surface area is 137 Å². The summed E-state index contributed by atoms with van der Waals surface area (Å²) in [4.78, 5) is 20.7. The first-order chi connectivity index (χ1) is 10.7. The van der Waals surface area contributed by atoms with Crippen LogP contribution in [0.2, 0.25) is 5.02 Å². The van der Waals surface area contributed by atoms with Crippen molar-refractivity contribution in [1.29, 1.82) is 0 Å². The number of hydrogen-bond acceptors (Lipinski definition) is 3. The summed E-state index contributed by atoms with van der Waals surface area (Å²) in [5.41, 5.74) is 0.836. The minimum absolute atomic E-state index is 0.181. The largest absolute Gasteiger partial charge is 0.355 e. The third kappa shape index (κ3) is 3.22. The average molecular weight is 322 g/mol. The zero-order valence-electron chi connectivity index (χ0n) is 13.2. The van der Waals surface area contributed by atoms with Gasteiger partial charge in [0, 0.05) is 26.1 Å². The smallest absolute Gasteiger partial charge is 0.227 e. The molecule has 0 aromatic carbocycles. The third-order valence-corrected chi connectivity index (χ3v) is 5.12. The number of aromatic nitrogens is 1. The van der Waals surface area contributed by atoms with Gasteiger partial charge in [0.15, 0.2) is 0 Å². The minimum Gasteiger partial charge on any atom is -0.355 e. The van der Waals surface area contributed by atoms with Gasteiger partial charge in [0.2, 0.25) is 5.91 Å². The lowest BCUT2D eigenvalue weighted by Crippen LogP contribution is -2.37. The highest BCUT2D eigenvalue weighted by Gasteiger charge is 2.24. The summed E-state index contributed by atoms with van der Waals surface area (Å²) in [5.74, 6) is 1.78. The summed E-state index contributed by atoms with van der Waals surface area (Å²) in [7, 11) is 0. The lowest BCUT2D eigenvalue weighted by Gasteiger charge is -2.34. The highest BCUT2D eigenvalue weighted by molar-refractivity contribution is 6.33. The summed E-state index contributed by atoms with van der Waals surface area (Å²) in [6.07, 6.45) is 8.17. The monoisotopic (exact) mass is 321 g/mol. The van der Waals surface area contributed by atoms with Gasteiger partial charge >= 0.3 is 0 Å². The molecule has 2 aliphatic heterocycles. The summed E-state index contributed by atoms with van der Waals surface area (Å²) in [5, 5.41) is 0.660. The molecule has 0 spiro atoms. The van der Waals surface area contributed by atoms with Crippen molar-refractivity contribution in [1.82, 2.24) is 4.98 Å². The van der Waals surface area contributed by atoms with Crippen LogP contribution < -0.4 is 9.80 Å². The SMILES string of the molecule is CCC1CCCN(c2ncc(N3CCCCC3=O)cc2Cl)C1. The third-order valence-electron chi connectivity index (χ3n) is 4.84. The van der Waals surface area contributed by atoms with Crippen molar-refractivity contribution >= 4 is 29.0 Å². The molecule has 3 heterocycles. The molecule has 1 atom stereocenters. The van der Waals surface area contributed by atoms with Crippen LogP contribution in [0.25, 0.3) is 0 Å². The quantitative estimate of drug-likeness (QED) is 0.847. The normalized spacial score (nSPS) is 23.0. The number of nitrogens with zero attached hydrogens (tertiary/aromatic N) is 3. The molecule has 2 aliphatic rings. The molecule has 1 aromatic heterocycles. The number of pyridine rings is 1. The second-order valence-corrected chi connectivity index (χ2v) is 6.77. The Balaban J connectivity index is 1.78. The van der Waals surface area contributed by atoms with E-state index in [-0.39, 0.29) is 5.91 Å². The molecule has 120 valence electrons. The molecule has 1 unspecified atom stereocenters. The first-order valence-corrected chi connectivity index (χ1v) is 8.77. The first-order valence-electron chi connectivity index (χ1n) is 8.40.